The van der Waals surface area contributed by atoms with E-state index in [1.807, 2.05) is 0 Å². The SMILES string of the molecule is Cc1ccc(CCc2c(C)cccc2C)cc1. The van der Waals surface area contributed by atoms with Gasteiger partial charge in [-0.1, -0.05) is 48.0 Å². The molecule has 0 nitrogen and oxygen atoms in total. The summed E-state index contributed by atoms with van der Waals surface area (Å²) < 4.78 is 0. The van der Waals surface area contributed by atoms with Crippen molar-refractivity contribution >= 4 is 0 Å². The van der Waals surface area contributed by atoms with Crippen LogP contribution in [0.2, 0.25) is 0 Å². The van der Waals surface area contributed by atoms with Gasteiger partial charge in [-0.2, -0.15) is 0 Å². The Morgan fingerprint density at radius 2 is 1.29 bits per heavy atom. The van der Waals surface area contributed by atoms with Gasteiger partial charge in [0, 0.05) is 0 Å². The first kappa shape index (κ1) is 11.9. The van der Waals surface area contributed by atoms with Crippen molar-refractivity contribution in [2.45, 2.75) is 33.6 Å². The van der Waals surface area contributed by atoms with Crippen molar-refractivity contribution in [3.8, 4) is 0 Å². The van der Waals surface area contributed by atoms with Crippen LogP contribution in [-0.4, -0.2) is 0 Å². The lowest BCUT2D eigenvalue weighted by Crippen LogP contribution is -1.97. The first-order chi connectivity index (χ1) is 8.16. The van der Waals surface area contributed by atoms with Gasteiger partial charge in [0.15, 0.2) is 0 Å². The second kappa shape index (κ2) is 5.18. The predicted octanol–water partition coefficient (Wildman–Crippen LogP) is 4.40. The van der Waals surface area contributed by atoms with Gasteiger partial charge in [-0.05, 0) is 55.9 Å². The van der Waals surface area contributed by atoms with Gasteiger partial charge in [-0.15, -0.1) is 0 Å². The van der Waals surface area contributed by atoms with Crippen LogP contribution in [0, 0.1) is 20.8 Å². The number of rotatable bonds is 3. The summed E-state index contributed by atoms with van der Waals surface area (Å²) >= 11 is 0. The topological polar surface area (TPSA) is 0 Å². The average Bonchev–Trinajstić information content (AvgIpc) is 2.31. The molecule has 0 N–H and O–H groups in total. The maximum atomic E-state index is 2.24. The van der Waals surface area contributed by atoms with Crippen LogP contribution in [0.1, 0.15) is 27.8 Å². The minimum absolute atomic E-state index is 1.13. The second-order valence-corrected chi connectivity index (χ2v) is 4.86. The van der Waals surface area contributed by atoms with Crippen LogP contribution in [-0.2, 0) is 12.8 Å². The van der Waals surface area contributed by atoms with Crippen LogP contribution in [0.4, 0.5) is 0 Å². The van der Waals surface area contributed by atoms with Crippen LogP contribution in [0.25, 0.3) is 0 Å². The molecule has 0 heterocycles. The van der Waals surface area contributed by atoms with Gasteiger partial charge in [0.1, 0.15) is 0 Å². The molecule has 0 fully saturated rings. The van der Waals surface area contributed by atoms with Gasteiger partial charge in [0.25, 0.3) is 0 Å². The molecule has 0 radical (unpaired) electrons. The molecule has 17 heavy (non-hydrogen) atoms. The maximum Gasteiger partial charge on any atom is -0.0233 e. The van der Waals surface area contributed by atoms with Crippen molar-refractivity contribution in [3.05, 3.63) is 70.3 Å². The van der Waals surface area contributed by atoms with Gasteiger partial charge >= 0.3 is 0 Å². The molecule has 0 saturated carbocycles. The monoisotopic (exact) mass is 224 g/mol. The van der Waals surface area contributed by atoms with Crippen molar-refractivity contribution in [3.63, 3.8) is 0 Å². The second-order valence-electron chi connectivity index (χ2n) is 4.86. The molecule has 0 aromatic heterocycles. The minimum atomic E-state index is 1.13. The van der Waals surface area contributed by atoms with E-state index in [1.54, 1.807) is 0 Å². The predicted molar refractivity (Wildman–Crippen MR) is 74.5 cm³/mol. The Bertz CT molecular complexity index is 472. The van der Waals surface area contributed by atoms with Gasteiger partial charge in [-0.25, -0.2) is 0 Å². The highest BCUT2D eigenvalue weighted by Crippen LogP contribution is 2.16. The minimum Gasteiger partial charge on any atom is -0.0617 e. The Kier molecular flexibility index (Phi) is 3.63. The van der Waals surface area contributed by atoms with E-state index in [1.165, 1.54) is 27.8 Å². The van der Waals surface area contributed by atoms with Crippen LogP contribution >= 0.6 is 0 Å². The van der Waals surface area contributed by atoms with Crippen molar-refractivity contribution in [2.75, 3.05) is 0 Å². The molecular formula is C17H20. The fraction of sp³-hybridized carbons (Fsp3) is 0.294. The fourth-order valence-electron chi connectivity index (χ4n) is 2.27. The summed E-state index contributed by atoms with van der Waals surface area (Å²) in [5, 5.41) is 0. The molecule has 0 spiro atoms. The standard InChI is InChI=1S/C17H20/c1-13-7-9-16(10-8-13)11-12-17-14(2)5-4-6-15(17)3/h4-10H,11-12H2,1-3H3. The Balaban J connectivity index is 2.10. The largest absolute Gasteiger partial charge is 0.0617 e. The van der Waals surface area contributed by atoms with E-state index >= 15 is 0 Å². The summed E-state index contributed by atoms with van der Waals surface area (Å²) in [5.41, 5.74) is 7.10. The number of benzene rings is 2. The maximum absolute atomic E-state index is 2.24. The zero-order valence-electron chi connectivity index (χ0n) is 11.0. The van der Waals surface area contributed by atoms with Crippen molar-refractivity contribution < 1.29 is 0 Å². The molecule has 0 amide bonds. The van der Waals surface area contributed by atoms with Gasteiger partial charge in [-0.3, -0.25) is 0 Å². The zero-order valence-corrected chi connectivity index (χ0v) is 11.0. The molecule has 0 saturated heterocycles. The summed E-state index contributed by atoms with van der Waals surface area (Å²) in [7, 11) is 0. The zero-order chi connectivity index (χ0) is 12.3. The third kappa shape index (κ3) is 2.97. The van der Waals surface area contributed by atoms with Gasteiger partial charge in [0.05, 0.1) is 0 Å². The molecule has 2 aromatic rings. The average molecular weight is 224 g/mol. The highest BCUT2D eigenvalue weighted by Gasteiger charge is 2.02. The quantitative estimate of drug-likeness (QED) is 0.725. The first-order valence-corrected chi connectivity index (χ1v) is 6.27. The summed E-state index contributed by atoms with van der Waals surface area (Å²) in [5.74, 6) is 0. The number of hydrogen-bond acceptors (Lipinski definition) is 0. The molecule has 0 atom stereocenters. The first-order valence-electron chi connectivity index (χ1n) is 6.27. The summed E-state index contributed by atoms with van der Waals surface area (Å²) in [6, 6.07) is 15.4. The van der Waals surface area contributed by atoms with Crippen molar-refractivity contribution in [1.29, 1.82) is 0 Å². The van der Waals surface area contributed by atoms with E-state index in [-0.39, 0.29) is 0 Å². The molecule has 0 aliphatic heterocycles. The molecular weight excluding hydrogens is 204 g/mol. The third-order valence-corrected chi connectivity index (χ3v) is 3.43. The number of hydrogen-bond donors (Lipinski definition) is 0. The van der Waals surface area contributed by atoms with Gasteiger partial charge in [0.2, 0.25) is 0 Å². The lowest BCUT2D eigenvalue weighted by molar-refractivity contribution is 0.937. The highest BCUT2D eigenvalue weighted by molar-refractivity contribution is 5.34. The van der Waals surface area contributed by atoms with E-state index in [0.29, 0.717) is 0 Å². The Hall–Kier alpha value is -1.56. The lowest BCUT2D eigenvalue weighted by Gasteiger charge is -2.09. The number of aryl methyl sites for hydroxylation is 4. The van der Waals surface area contributed by atoms with Gasteiger partial charge < -0.3 is 0 Å². The highest BCUT2D eigenvalue weighted by atomic mass is 14.1. The van der Waals surface area contributed by atoms with E-state index < -0.39 is 0 Å². The summed E-state index contributed by atoms with van der Waals surface area (Å²) in [6.07, 6.45) is 2.27. The van der Waals surface area contributed by atoms with Crippen LogP contribution in [0.3, 0.4) is 0 Å². The Morgan fingerprint density at radius 3 is 1.88 bits per heavy atom. The normalized spacial score (nSPS) is 10.5. The molecule has 0 aliphatic rings. The molecule has 2 aromatic carbocycles. The molecule has 0 unspecified atom stereocenters. The smallest absolute Gasteiger partial charge is 0.0233 e. The molecule has 0 aliphatic carbocycles. The van der Waals surface area contributed by atoms with E-state index in [9.17, 15) is 0 Å². The van der Waals surface area contributed by atoms with Crippen molar-refractivity contribution in [1.82, 2.24) is 0 Å². The Morgan fingerprint density at radius 1 is 0.706 bits per heavy atom. The van der Waals surface area contributed by atoms with E-state index in [2.05, 4.69) is 63.2 Å². The lowest BCUT2D eigenvalue weighted by atomic mass is 9.96. The third-order valence-electron chi connectivity index (χ3n) is 3.43. The molecule has 0 heteroatoms. The fourth-order valence-corrected chi connectivity index (χ4v) is 2.27. The van der Waals surface area contributed by atoms with Crippen LogP contribution in [0.5, 0.6) is 0 Å². The molecule has 2 rings (SSSR count). The van der Waals surface area contributed by atoms with E-state index in [0.717, 1.165) is 12.8 Å². The molecule has 88 valence electrons. The summed E-state index contributed by atoms with van der Waals surface area (Å²) in [6.45, 7) is 6.55. The molecule has 0 bridgehead atoms. The van der Waals surface area contributed by atoms with Crippen LogP contribution in [0.15, 0.2) is 42.5 Å². The van der Waals surface area contributed by atoms with Crippen molar-refractivity contribution in [2.24, 2.45) is 0 Å². The van der Waals surface area contributed by atoms with E-state index in [4.69, 9.17) is 0 Å². The Labute approximate surface area is 104 Å². The summed E-state index contributed by atoms with van der Waals surface area (Å²) in [4.78, 5) is 0. The van der Waals surface area contributed by atoms with Crippen LogP contribution < -0.4 is 0 Å².